The number of hydrogen-bond acceptors (Lipinski definition) is 2. The summed E-state index contributed by atoms with van der Waals surface area (Å²) in [7, 11) is 0. The fraction of sp³-hybridized carbons (Fsp3) is 0.562. The van der Waals surface area contributed by atoms with Gasteiger partial charge in [-0.3, -0.25) is 4.79 Å². The summed E-state index contributed by atoms with van der Waals surface area (Å²) in [5.74, 6) is 0.351. The van der Waals surface area contributed by atoms with Crippen molar-refractivity contribution in [3.8, 4) is 0 Å². The van der Waals surface area contributed by atoms with Crippen molar-refractivity contribution < 1.29 is 9.53 Å². The van der Waals surface area contributed by atoms with Gasteiger partial charge in [0.2, 0.25) is 0 Å². The lowest BCUT2D eigenvalue weighted by molar-refractivity contribution is -0.153. The van der Waals surface area contributed by atoms with E-state index in [-0.39, 0.29) is 5.97 Å². The van der Waals surface area contributed by atoms with Crippen molar-refractivity contribution in [1.82, 2.24) is 0 Å². The molecule has 0 saturated heterocycles. The average molecular weight is 248 g/mol. The highest BCUT2D eigenvalue weighted by molar-refractivity contribution is 5.75. The third-order valence-electron chi connectivity index (χ3n) is 3.08. The molecule has 0 bridgehead atoms. The molecular weight excluding hydrogens is 224 g/mol. The zero-order chi connectivity index (χ0) is 13.6. The number of rotatable bonds is 5. The summed E-state index contributed by atoms with van der Waals surface area (Å²) >= 11 is 0. The Labute approximate surface area is 110 Å². The number of esters is 1. The molecule has 0 saturated carbocycles. The van der Waals surface area contributed by atoms with Crippen LogP contribution in [0.15, 0.2) is 30.3 Å². The Balaban J connectivity index is 2.45. The number of carbonyl (C=O) groups excluding carboxylic acids is 1. The van der Waals surface area contributed by atoms with Crippen LogP contribution in [0.3, 0.4) is 0 Å². The third-order valence-corrected chi connectivity index (χ3v) is 3.08. The first-order valence-electron chi connectivity index (χ1n) is 6.67. The first-order chi connectivity index (χ1) is 8.45. The summed E-state index contributed by atoms with van der Waals surface area (Å²) in [6, 6.07) is 10.4. The molecule has 100 valence electrons. The lowest BCUT2D eigenvalue weighted by atomic mass is 9.93. The average Bonchev–Trinajstić information content (AvgIpc) is 2.34. The second-order valence-electron chi connectivity index (χ2n) is 5.69. The molecule has 0 aliphatic rings. The second kappa shape index (κ2) is 6.58. The molecule has 0 spiro atoms. The molecule has 0 amide bonds. The molecule has 1 aromatic carbocycles. The standard InChI is InChI=1S/C16H24O2/c1-5-13(14-9-7-6-8-10-14)11-12-18-15(17)16(2,3)4/h6-10,13H,5,11-12H2,1-4H3. The van der Waals surface area contributed by atoms with Crippen molar-refractivity contribution >= 4 is 5.97 Å². The van der Waals surface area contributed by atoms with Gasteiger partial charge in [-0.1, -0.05) is 37.3 Å². The summed E-state index contributed by atoms with van der Waals surface area (Å²) in [6.45, 7) is 8.31. The van der Waals surface area contributed by atoms with E-state index in [2.05, 4.69) is 31.2 Å². The van der Waals surface area contributed by atoms with E-state index in [1.165, 1.54) is 5.56 Å². The molecule has 1 rings (SSSR count). The Hall–Kier alpha value is -1.31. The van der Waals surface area contributed by atoms with Gasteiger partial charge in [-0.15, -0.1) is 0 Å². The molecule has 0 fully saturated rings. The Morgan fingerprint density at radius 2 is 1.83 bits per heavy atom. The number of ether oxygens (including phenoxy) is 1. The summed E-state index contributed by atoms with van der Waals surface area (Å²) in [5.41, 5.74) is 0.917. The third kappa shape index (κ3) is 4.52. The molecule has 1 atom stereocenters. The maximum atomic E-state index is 11.6. The number of hydrogen-bond donors (Lipinski definition) is 0. The van der Waals surface area contributed by atoms with Gasteiger partial charge in [0, 0.05) is 0 Å². The van der Waals surface area contributed by atoms with E-state index in [1.54, 1.807) is 0 Å². The van der Waals surface area contributed by atoms with Gasteiger partial charge in [-0.25, -0.2) is 0 Å². The Kier molecular flexibility index (Phi) is 5.39. The van der Waals surface area contributed by atoms with Crippen molar-refractivity contribution in [2.45, 2.75) is 46.5 Å². The van der Waals surface area contributed by atoms with Gasteiger partial charge < -0.3 is 4.74 Å². The Morgan fingerprint density at radius 1 is 1.22 bits per heavy atom. The Bertz CT molecular complexity index is 362. The van der Waals surface area contributed by atoms with E-state index in [0.29, 0.717) is 12.5 Å². The highest BCUT2D eigenvalue weighted by atomic mass is 16.5. The van der Waals surface area contributed by atoms with E-state index in [9.17, 15) is 4.79 Å². The van der Waals surface area contributed by atoms with E-state index in [1.807, 2.05) is 26.8 Å². The molecule has 18 heavy (non-hydrogen) atoms. The van der Waals surface area contributed by atoms with E-state index >= 15 is 0 Å². The minimum atomic E-state index is -0.408. The van der Waals surface area contributed by atoms with Crippen LogP contribution in [0.2, 0.25) is 0 Å². The smallest absolute Gasteiger partial charge is 0.311 e. The fourth-order valence-electron chi connectivity index (χ4n) is 1.84. The van der Waals surface area contributed by atoms with Gasteiger partial charge in [0.05, 0.1) is 12.0 Å². The zero-order valence-corrected chi connectivity index (χ0v) is 11.9. The van der Waals surface area contributed by atoms with Crippen LogP contribution < -0.4 is 0 Å². The minimum Gasteiger partial charge on any atom is -0.465 e. The van der Waals surface area contributed by atoms with Crippen LogP contribution in [0.4, 0.5) is 0 Å². The summed E-state index contributed by atoms with van der Waals surface area (Å²) in [4.78, 5) is 11.6. The predicted molar refractivity (Wildman–Crippen MR) is 74.5 cm³/mol. The highest BCUT2D eigenvalue weighted by Gasteiger charge is 2.23. The van der Waals surface area contributed by atoms with Crippen molar-refractivity contribution in [1.29, 1.82) is 0 Å². The molecule has 2 nitrogen and oxygen atoms in total. The number of carbonyl (C=O) groups is 1. The van der Waals surface area contributed by atoms with Crippen molar-refractivity contribution in [2.75, 3.05) is 6.61 Å². The summed E-state index contributed by atoms with van der Waals surface area (Å²) in [5, 5.41) is 0. The summed E-state index contributed by atoms with van der Waals surface area (Å²) in [6.07, 6.45) is 1.96. The van der Waals surface area contributed by atoms with E-state index in [0.717, 1.165) is 12.8 Å². The fourth-order valence-corrected chi connectivity index (χ4v) is 1.84. The van der Waals surface area contributed by atoms with Crippen LogP contribution in [0.25, 0.3) is 0 Å². The van der Waals surface area contributed by atoms with Crippen molar-refractivity contribution in [3.05, 3.63) is 35.9 Å². The largest absolute Gasteiger partial charge is 0.465 e. The normalized spacial score (nSPS) is 13.1. The quantitative estimate of drug-likeness (QED) is 0.731. The van der Waals surface area contributed by atoms with Crippen LogP contribution in [-0.2, 0) is 9.53 Å². The molecule has 0 aliphatic heterocycles. The monoisotopic (exact) mass is 248 g/mol. The maximum absolute atomic E-state index is 11.6. The molecule has 2 heteroatoms. The van der Waals surface area contributed by atoms with E-state index < -0.39 is 5.41 Å². The summed E-state index contributed by atoms with van der Waals surface area (Å²) < 4.78 is 5.32. The maximum Gasteiger partial charge on any atom is 0.311 e. The van der Waals surface area contributed by atoms with Gasteiger partial charge in [0.1, 0.15) is 0 Å². The topological polar surface area (TPSA) is 26.3 Å². The molecular formula is C16H24O2. The van der Waals surface area contributed by atoms with Gasteiger partial charge >= 0.3 is 5.97 Å². The van der Waals surface area contributed by atoms with Gasteiger partial charge in [0.25, 0.3) is 0 Å². The van der Waals surface area contributed by atoms with Crippen LogP contribution in [0.5, 0.6) is 0 Å². The highest BCUT2D eigenvalue weighted by Crippen LogP contribution is 2.23. The van der Waals surface area contributed by atoms with Crippen LogP contribution in [0.1, 0.15) is 52.0 Å². The first kappa shape index (κ1) is 14.7. The lowest BCUT2D eigenvalue weighted by Crippen LogP contribution is -2.23. The molecule has 0 N–H and O–H groups in total. The Morgan fingerprint density at radius 3 is 2.33 bits per heavy atom. The molecule has 0 aromatic heterocycles. The predicted octanol–water partition coefficient (Wildman–Crippen LogP) is 4.16. The second-order valence-corrected chi connectivity index (χ2v) is 5.69. The van der Waals surface area contributed by atoms with Gasteiger partial charge in [-0.2, -0.15) is 0 Å². The van der Waals surface area contributed by atoms with Crippen molar-refractivity contribution in [2.24, 2.45) is 5.41 Å². The zero-order valence-electron chi connectivity index (χ0n) is 11.9. The van der Waals surface area contributed by atoms with Crippen LogP contribution >= 0.6 is 0 Å². The van der Waals surface area contributed by atoms with Gasteiger partial charge in [0.15, 0.2) is 0 Å². The lowest BCUT2D eigenvalue weighted by Gasteiger charge is -2.19. The van der Waals surface area contributed by atoms with Crippen molar-refractivity contribution in [3.63, 3.8) is 0 Å². The molecule has 1 unspecified atom stereocenters. The van der Waals surface area contributed by atoms with Crippen LogP contribution in [0, 0.1) is 5.41 Å². The molecule has 0 radical (unpaired) electrons. The first-order valence-corrected chi connectivity index (χ1v) is 6.67. The van der Waals surface area contributed by atoms with E-state index in [4.69, 9.17) is 4.74 Å². The molecule has 1 aromatic rings. The molecule has 0 heterocycles. The SMILES string of the molecule is CCC(CCOC(=O)C(C)(C)C)c1ccccc1. The number of benzene rings is 1. The van der Waals surface area contributed by atoms with Crippen LogP contribution in [-0.4, -0.2) is 12.6 Å². The van der Waals surface area contributed by atoms with Gasteiger partial charge in [-0.05, 0) is 45.1 Å². The molecule has 0 aliphatic carbocycles. The minimum absolute atomic E-state index is 0.120.